The minimum Gasteiger partial charge on any atom is -0.460 e. The van der Waals surface area contributed by atoms with Crippen LogP contribution in [0.5, 0.6) is 0 Å². The highest BCUT2D eigenvalue weighted by molar-refractivity contribution is 5.95. The first-order valence-corrected chi connectivity index (χ1v) is 8.10. The van der Waals surface area contributed by atoms with Crippen molar-refractivity contribution >= 4 is 16.9 Å². The van der Waals surface area contributed by atoms with Crippen LogP contribution in [0.15, 0.2) is 24.3 Å². The van der Waals surface area contributed by atoms with Gasteiger partial charge in [0.2, 0.25) is 0 Å². The van der Waals surface area contributed by atoms with Gasteiger partial charge in [0.15, 0.2) is 0 Å². The summed E-state index contributed by atoms with van der Waals surface area (Å²) in [6, 6.07) is 7.86. The highest BCUT2D eigenvalue weighted by atomic mass is 16.6. The average molecular weight is 315 g/mol. The van der Waals surface area contributed by atoms with Gasteiger partial charge in [-0.15, -0.1) is 0 Å². The number of ether oxygens (including phenoxy) is 2. The fourth-order valence-corrected chi connectivity index (χ4v) is 2.29. The van der Waals surface area contributed by atoms with E-state index in [1.165, 1.54) is 0 Å². The molecule has 0 saturated carbocycles. The number of hydrogen-bond donors (Lipinski definition) is 0. The van der Waals surface area contributed by atoms with Crippen molar-refractivity contribution in [3.05, 3.63) is 41.1 Å². The molecule has 1 aromatic carbocycles. The molecule has 0 atom stereocenters. The summed E-state index contributed by atoms with van der Waals surface area (Å²) in [4.78, 5) is 16.7. The Hall–Kier alpha value is -1.94. The van der Waals surface area contributed by atoms with Crippen LogP contribution in [0.1, 0.15) is 41.9 Å². The summed E-state index contributed by atoms with van der Waals surface area (Å²) < 4.78 is 10.7. The average Bonchev–Trinajstić information content (AvgIpc) is 2.50. The smallest absolute Gasteiger partial charge is 0.340 e. The van der Waals surface area contributed by atoms with Crippen molar-refractivity contribution in [1.29, 1.82) is 0 Å². The predicted octanol–water partition coefficient (Wildman–Crippen LogP) is 4.07. The van der Waals surface area contributed by atoms with Gasteiger partial charge >= 0.3 is 5.97 Å². The monoisotopic (exact) mass is 315 g/mol. The normalized spacial score (nSPS) is 11.2. The van der Waals surface area contributed by atoms with E-state index in [1.807, 2.05) is 38.1 Å². The summed E-state index contributed by atoms with van der Waals surface area (Å²) in [5, 5.41) is 0.954. The zero-order valence-electron chi connectivity index (χ0n) is 14.4. The fourth-order valence-electron chi connectivity index (χ4n) is 2.29. The van der Waals surface area contributed by atoms with Gasteiger partial charge in [0.1, 0.15) is 6.61 Å². The van der Waals surface area contributed by atoms with Gasteiger partial charge in [-0.3, -0.25) is 4.98 Å². The molecule has 0 aliphatic heterocycles. The molecule has 23 heavy (non-hydrogen) atoms. The van der Waals surface area contributed by atoms with Gasteiger partial charge in [-0.25, -0.2) is 4.79 Å². The van der Waals surface area contributed by atoms with E-state index in [1.54, 1.807) is 0 Å². The molecule has 0 aliphatic rings. The van der Waals surface area contributed by atoms with Gasteiger partial charge in [0.05, 0.1) is 23.4 Å². The molecule has 2 aromatic rings. The summed E-state index contributed by atoms with van der Waals surface area (Å²) in [5.74, 6) is 0.276. The van der Waals surface area contributed by atoms with Crippen LogP contribution < -0.4 is 0 Å². The molecule has 0 unspecified atom stereocenters. The molecule has 0 bridgehead atoms. The molecule has 1 heterocycles. The second-order valence-electron chi connectivity index (χ2n) is 6.25. The minimum absolute atomic E-state index is 0.266. The number of nitrogens with zero attached hydrogens (tertiary/aromatic N) is 1. The summed E-state index contributed by atoms with van der Waals surface area (Å²) in [5.41, 5.74) is 3.24. The first kappa shape index (κ1) is 17.4. The zero-order valence-corrected chi connectivity index (χ0v) is 14.4. The predicted molar refractivity (Wildman–Crippen MR) is 91.8 cm³/mol. The molecule has 0 saturated heterocycles. The SMILES string of the molecule is Cc1ccc2nc(C)c(C(=O)OCCOCCC(C)C)cc2c1. The quantitative estimate of drug-likeness (QED) is 0.571. The van der Waals surface area contributed by atoms with E-state index in [4.69, 9.17) is 9.47 Å². The Kier molecular flexibility index (Phi) is 6.11. The maximum absolute atomic E-state index is 12.2. The van der Waals surface area contributed by atoms with Crippen molar-refractivity contribution in [3.63, 3.8) is 0 Å². The Morgan fingerprint density at radius 3 is 2.65 bits per heavy atom. The highest BCUT2D eigenvalue weighted by Gasteiger charge is 2.13. The maximum Gasteiger partial charge on any atom is 0.340 e. The van der Waals surface area contributed by atoms with Crippen LogP contribution in [0.25, 0.3) is 10.9 Å². The lowest BCUT2D eigenvalue weighted by atomic mass is 10.1. The lowest BCUT2D eigenvalue weighted by molar-refractivity contribution is 0.0302. The third-order valence-electron chi connectivity index (χ3n) is 3.68. The molecule has 2 rings (SSSR count). The van der Waals surface area contributed by atoms with Crippen LogP contribution in [-0.2, 0) is 9.47 Å². The highest BCUT2D eigenvalue weighted by Crippen LogP contribution is 2.18. The van der Waals surface area contributed by atoms with Crippen molar-refractivity contribution in [2.75, 3.05) is 19.8 Å². The summed E-state index contributed by atoms with van der Waals surface area (Å²) in [6.45, 7) is 9.55. The molecule has 0 fully saturated rings. The van der Waals surface area contributed by atoms with Crippen molar-refractivity contribution in [2.45, 2.75) is 34.1 Å². The number of fused-ring (bicyclic) bond motifs is 1. The molecule has 0 amide bonds. The number of carbonyl (C=O) groups is 1. The van der Waals surface area contributed by atoms with E-state index >= 15 is 0 Å². The molecule has 0 spiro atoms. The van der Waals surface area contributed by atoms with Gasteiger partial charge in [-0.05, 0) is 44.4 Å². The number of esters is 1. The van der Waals surface area contributed by atoms with Crippen molar-refractivity contribution in [1.82, 2.24) is 4.98 Å². The standard InChI is InChI=1S/C19H25NO3/c1-13(2)7-8-22-9-10-23-19(21)17-12-16-11-14(3)5-6-18(16)20-15(17)4/h5-6,11-13H,7-10H2,1-4H3. The van der Waals surface area contributed by atoms with Crippen LogP contribution in [-0.4, -0.2) is 30.8 Å². The van der Waals surface area contributed by atoms with Crippen molar-refractivity contribution in [3.8, 4) is 0 Å². The Morgan fingerprint density at radius 2 is 1.91 bits per heavy atom. The van der Waals surface area contributed by atoms with Gasteiger partial charge < -0.3 is 9.47 Å². The van der Waals surface area contributed by atoms with Gasteiger partial charge in [-0.2, -0.15) is 0 Å². The van der Waals surface area contributed by atoms with E-state index in [0.29, 0.717) is 30.4 Å². The number of carbonyl (C=O) groups excluding carboxylic acids is 1. The molecule has 1 aromatic heterocycles. The lowest BCUT2D eigenvalue weighted by Gasteiger charge is -2.09. The molecule has 124 valence electrons. The largest absolute Gasteiger partial charge is 0.460 e. The molecular weight excluding hydrogens is 290 g/mol. The van der Waals surface area contributed by atoms with E-state index in [9.17, 15) is 4.79 Å². The third-order valence-corrected chi connectivity index (χ3v) is 3.68. The number of hydrogen-bond acceptors (Lipinski definition) is 4. The molecule has 4 heteroatoms. The van der Waals surface area contributed by atoms with Gasteiger partial charge in [0, 0.05) is 12.0 Å². The second kappa shape index (κ2) is 8.06. The zero-order chi connectivity index (χ0) is 16.8. The summed E-state index contributed by atoms with van der Waals surface area (Å²) in [6.07, 6.45) is 1.01. The molecular formula is C19H25NO3. The van der Waals surface area contributed by atoms with Crippen LogP contribution in [0.3, 0.4) is 0 Å². The van der Waals surface area contributed by atoms with E-state index in [2.05, 4.69) is 18.8 Å². The summed E-state index contributed by atoms with van der Waals surface area (Å²) in [7, 11) is 0. The lowest BCUT2D eigenvalue weighted by Crippen LogP contribution is -2.13. The number of benzene rings is 1. The van der Waals surface area contributed by atoms with Crippen LogP contribution in [0.2, 0.25) is 0 Å². The van der Waals surface area contributed by atoms with Crippen LogP contribution in [0, 0.1) is 19.8 Å². The van der Waals surface area contributed by atoms with Crippen LogP contribution in [0.4, 0.5) is 0 Å². The number of aryl methyl sites for hydroxylation is 2. The first-order chi connectivity index (χ1) is 11.0. The fraction of sp³-hybridized carbons (Fsp3) is 0.474. The molecule has 0 radical (unpaired) electrons. The van der Waals surface area contributed by atoms with Gasteiger partial charge in [-0.1, -0.05) is 25.5 Å². The van der Waals surface area contributed by atoms with Crippen molar-refractivity contribution in [2.24, 2.45) is 5.92 Å². The van der Waals surface area contributed by atoms with Crippen LogP contribution >= 0.6 is 0 Å². The van der Waals surface area contributed by atoms with E-state index < -0.39 is 0 Å². The Bertz CT molecular complexity index is 680. The number of aromatic nitrogens is 1. The van der Waals surface area contributed by atoms with E-state index in [0.717, 1.165) is 22.9 Å². The third kappa shape index (κ3) is 5.03. The second-order valence-corrected chi connectivity index (χ2v) is 6.25. The summed E-state index contributed by atoms with van der Waals surface area (Å²) >= 11 is 0. The number of rotatable bonds is 7. The molecule has 0 aliphatic carbocycles. The molecule has 4 nitrogen and oxygen atoms in total. The minimum atomic E-state index is -0.342. The number of pyridine rings is 1. The Morgan fingerprint density at radius 1 is 1.13 bits per heavy atom. The van der Waals surface area contributed by atoms with Crippen molar-refractivity contribution < 1.29 is 14.3 Å². The molecule has 0 N–H and O–H groups in total. The topological polar surface area (TPSA) is 48.4 Å². The Labute approximate surface area is 137 Å². The first-order valence-electron chi connectivity index (χ1n) is 8.10. The maximum atomic E-state index is 12.2. The van der Waals surface area contributed by atoms with Gasteiger partial charge in [0.25, 0.3) is 0 Å². The Balaban J connectivity index is 1.94. The van der Waals surface area contributed by atoms with E-state index in [-0.39, 0.29) is 12.6 Å².